The van der Waals surface area contributed by atoms with Crippen LogP contribution in [0.3, 0.4) is 0 Å². The molecule has 4 aromatic carbocycles. The summed E-state index contributed by atoms with van der Waals surface area (Å²) in [6.45, 7) is 6.81. The zero-order chi connectivity index (χ0) is 41.9. The van der Waals surface area contributed by atoms with E-state index in [0.29, 0.717) is 86.5 Å². The first-order valence-electron chi connectivity index (χ1n) is 18.5. The highest BCUT2D eigenvalue weighted by Gasteiger charge is 2.15. The van der Waals surface area contributed by atoms with Crippen molar-refractivity contribution < 1.29 is 28.3 Å². The fourth-order valence-electron chi connectivity index (χ4n) is 5.79. The summed E-state index contributed by atoms with van der Waals surface area (Å²) in [5.74, 6) is 5.21. The van der Waals surface area contributed by atoms with E-state index in [4.69, 9.17) is 75.6 Å². The van der Waals surface area contributed by atoms with E-state index in [-0.39, 0.29) is 18.6 Å². The predicted octanol–water partition coefficient (Wildman–Crippen LogP) is 11.0. The van der Waals surface area contributed by atoms with Crippen molar-refractivity contribution in [3.63, 3.8) is 0 Å². The van der Waals surface area contributed by atoms with Crippen LogP contribution >= 0.6 is 46.4 Å². The van der Waals surface area contributed by atoms with Crippen molar-refractivity contribution in [1.82, 2.24) is 25.1 Å². The van der Waals surface area contributed by atoms with Crippen molar-refractivity contribution in [2.45, 2.75) is 46.5 Å². The number of halogens is 4. The van der Waals surface area contributed by atoms with Crippen molar-refractivity contribution in [3.8, 4) is 34.8 Å². The Labute approximate surface area is 360 Å². The fourth-order valence-corrected chi connectivity index (χ4v) is 6.42. The zero-order valence-electron chi connectivity index (χ0n) is 32.4. The second kappa shape index (κ2) is 20.5. The lowest BCUT2D eigenvalue weighted by atomic mass is 10.1. The van der Waals surface area contributed by atoms with Crippen molar-refractivity contribution >= 4 is 79.7 Å². The number of anilines is 1. The van der Waals surface area contributed by atoms with Gasteiger partial charge in [0.05, 0.1) is 57.8 Å². The molecule has 3 heterocycles. The van der Waals surface area contributed by atoms with Gasteiger partial charge in [-0.2, -0.15) is 0 Å². The molecule has 16 heteroatoms. The third-order valence-electron chi connectivity index (χ3n) is 8.73. The summed E-state index contributed by atoms with van der Waals surface area (Å²) in [7, 11) is 0. The van der Waals surface area contributed by atoms with Gasteiger partial charge in [0.15, 0.2) is 0 Å². The quantitative estimate of drug-likeness (QED) is 0.0557. The van der Waals surface area contributed by atoms with E-state index >= 15 is 0 Å². The lowest BCUT2D eigenvalue weighted by Gasteiger charge is -2.12. The highest BCUT2D eigenvalue weighted by Crippen LogP contribution is 2.35. The van der Waals surface area contributed by atoms with Gasteiger partial charge in [0.1, 0.15) is 47.2 Å². The number of aromatic nitrogens is 5. The first-order chi connectivity index (χ1) is 28.5. The van der Waals surface area contributed by atoms with E-state index < -0.39 is 0 Å². The Hall–Kier alpha value is -5.40. The van der Waals surface area contributed by atoms with Gasteiger partial charge in [-0.15, -0.1) is 23.2 Å². The molecule has 306 valence electrons. The normalized spacial score (nSPS) is 11.0. The molecule has 0 saturated heterocycles. The molecule has 7 rings (SSSR count). The van der Waals surface area contributed by atoms with Crippen LogP contribution in [0.25, 0.3) is 21.8 Å². The van der Waals surface area contributed by atoms with Crippen LogP contribution in [0.5, 0.6) is 34.8 Å². The molecule has 0 spiro atoms. The molecule has 59 heavy (non-hydrogen) atoms. The molecule has 12 nitrogen and oxygen atoms in total. The SMILES string of the molecule is Cc1cc(CC(=O)Cc2ccc(Oc3ncnc4cc(OCCCCl)c(C)cc34)cc2Cl)no1.Cc1cc2c(Oc3ccc(N)c(Cl)c3)ncnc2cc1OCCCCl. The summed E-state index contributed by atoms with van der Waals surface area (Å²) >= 11 is 23.9. The second-order valence-electron chi connectivity index (χ2n) is 13.4. The van der Waals surface area contributed by atoms with Gasteiger partial charge in [0, 0.05) is 47.5 Å². The van der Waals surface area contributed by atoms with Crippen molar-refractivity contribution in [1.29, 1.82) is 0 Å². The molecular weight excluding hydrogens is 838 g/mol. The number of aryl methyl sites for hydroxylation is 3. The van der Waals surface area contributed by atoms with E-state index in [1.807, 2.05) is 38.1 Å². The van der Waals surface area contributed by atoms with Crippen LogP contribution in [0.2, 0.25) is 10.0 Å². The maximum atomic E-state index is 12.4. The van der Waals surface area contributed by atoms with Gasteiger partial charge in [-0.3, -0.25) is 4.79 Å². The molecule has 7 aromatic rings. The van der Waals surface area contributed by atoms with E-state index in [2.05, 4.69) is 25.1 Å². The van der Waals surface area contributed by atoms with E-state index in [0.717, 1.165) is 51.8 Å². The molecule has 0 atom stereocenters. The number of rotatable bonds is 16. The average molecular weight is 879 g/mol. The Morgan fingerprint density at radius 3 is 1.71 bits per heavy atom. The van der Waals surface area contributed by atoms with Gasteiger partial charge < -0.3 is 29.2 Å². The van der Waals surface area contributed by atoms with Crippen molar-refractivity contribution in [2.75, 3.05) is 30.7 Å². The third-order valence-corrected chi connectivity index (χ3v) is 9.94. The molecule has 0 unspecified atom stereocenters. The molecule has 0 amide bonds. The Kier molecular flexibility index (Phi) is 15.0. The largest absolute Gasteiger partial charge is 0.493 e. The lowest BCUT2D eigenvalue weighted by molar-refractivity contribution is -0.117. The maximum Gasteiger partial charge on any atom is 0.230 e. The van der Waals surface area contributed by atoms with Crippen molar-refractivity contribution in [2.24, 2.45) is 0 Å². The van der Waals surface area contributed by atoms with E-state index in [1.54, 1.807) is 49.4 Å². The second-order valence-corrected chi connectivity index (χ2v) is 14.9. The van der Waals surface area contributed by atoms with Gasteiger partial charge >= 0.3 is 0 Å². The molecular formula is C43H40Cl4N6O6. The number of hydrogen-bond acceptors (Lipinski definition) is 12. The number of ether oxygens (including phenoxy) is 4. The number of alkyl halides is 2. The number of fused-ring (bicyclic) bond motifs is 2. The highest BCUT2D eigenvalue weighted by atomic mass is 35.5. The number of Topliss-reactive ketones (excluding diaryl/α,β-unsaturated/α-hetero) is 1. The molecule has 0 aliphatic carbocycles. The number of carbonyl (C=O) groups is 1. The van der Waals surface area contributed by atoms with Crippen LogP contribution in [0, 0.1) is 20.8 Å². The smallest absolute Gasteiger partial charge is 0.230 e. The van der Waals surface area contributed by atoms with Gasteiger partial charge in [-0.1, -0.05) is 34.4 Å². The van der Waals surface area contributed by atoms with Gasteiger partial charge in [0.2, 0.25) is 11.8 Å². The summed E-state index contributed by atoms with van der Waals surface area (Å²) < 4.78 is 28.5. The molecule has 0 fully saturated rings. The Morgan fingerprint density at radius 2 is 1.22 bits per heavy atom. The van der Waals surface area contributed by atoms with Crippen LogP contribution in [0.1, 0.15) is 41.0 Å². The number of carbonyl (C=O) groups excluding carboxylic acids is 1. The summed E-state index contributed by atoms with van der Waals surface area (Å²) in [5, 5.41) is 6.27. The maximum absolute atomic E-state index is 12.4. The Morgan fingerprint density at radius 1 is 0.678 bits per heavy atom. The number of nitrogens with zero attached hydrogens (tertiary/aromatic N) is 5. The molecule has 0 radical (unpaired) electrons. The number of benzene rings is 4. The molecule has 0 aliphatic heterocycles. The summed E-state index contributed by atoms with van der Waals surface area (Å²) in [6.07, 6.45) is 4.82. The number of nitrogen functional groups attached to an aromatic ring is 1. The minimum atomic E-state index is -0.00907. The van der Waals surface area contributed by atoms with Gasteiger partial charge in [0.25, 0.3) is 0 Å². The molecule has 2 N–H and O–H groups in total. The fraction of sp³-hybridized carbons (Fsp3) is 0.256. The van der Waals surface area contributed by atoms with Crippen LogP contribution < -0.4 is 24.7 Å². The summed E-state index contributed by atoms with van der Waals surface area (Å²) in [6, 6.07) is 19.7. The van der Waals surface area contributed by atoms with Gasteiger partial charge in [-0.25, -0.2) is 19.9 Å². The predicted molar refractivity (Wildman–Crippen MR) is 231 cm³/mol. The molecule has 3 aromatic heterocycles. The van der Waals surface area contributed by atoms with Crippen LogP contribution in [-0.4, -0.2) is 55.8 Å². The monoisotopic (exact) mass is 876 g/mol. The zero-order valence-corrected chi connectivity index (χ0v) is 35.5. The standard InChI is InChI=1S/C25H23Cl2N3O4.C18H17Cl2N3O2/c1-15-8-21-23(13-24(15)32-7-3-6-26)28-14-29-25(21)33-20-5-4-17(22(27)12-20)10-19(31)11-18-9-16(2)34-30-18;1-11-7-13-16(9-17(11)24-6-2-5-19)22-10-23-18(13)25-12-3-4-15(21)14(20)8-12/h4-5,8-9,12-14H,3,6-7,10-11H2,1-2H3;3-4,7-10H,2,5-6,21H2,1H3. The minimum absolute atomic E-state index is 0.00907. The van der Waals surface area contributed by atoms with Crippen molar-refractivity contribution in [3.05, 3.63) is 118 Å². The molecule has 0 saturated carbocycles. The highest BCUT2D eigenvalue weighted by molar-refractivity contribution is 6.33. The van der Waals surface area contributed by atoms with Gasteiger partial charge in [-0.05, 0) is 86.7 Å². The Bertz CT molecular complexity index is 2570. The third kappa shape index (κ3) is 11.6. The number of nitrogens with two attached hydrogens (primary N) is 1. The topological polar surface area (TPSA) is 158 Å². The Balaban J connectivity index is 0.000000208. The average Bonchev–Trinajstić information content (AvgIpc) is 3.62. The minimum Gasteiger partial charge on any atom is -0.493 e. The summed E-state index contributed by atoms with van der Waals surface area (Å²) in [5.41, 5.74) is 10.9. The molecule has 0 bridgehead atoms. The lowest BCUT2D eigenvalue weighted by Crippen LogP contribution is -2.07. The first kappa shape index (κ1) is 43.2. The number of ketones is 1. The van der Waals surface area contributed by atoms with Crippen LogP contribution in [-0.2, 0) is 17.6 Å². The number of hydrogen-bond donors (Lipinski definition) is 1. The van der Waals surface area contributed by atoms with Crippen LogP contribution in [0.4, 0.5) is 5.69 Å². The van der Waals surface area contributed by atoms with E-state index in [1.165, 1.54) is 12.7 Å². The van der Waals surface area contributed by atoms with E-state index in [9.17, 15) is 4.79 Å². The van der Waals surface area contributed by atoms with Crippen LogP contribution in [0.15, 0.2) is 83.9 Å². The summed E-state index contributed by atoms with van der Waals surface area (Å²) in [4.78, 5) is 29.6. The first-order valence-corrected chi connectivity index (χ1v) is 20.3. The molecule has 0 aliphatic rings.